The second-order valence-corrected chi connectivity index (χ2v) is 10.6. The molecule has 204 valence electrons. The van der Waals surface area contributed by atoms with Gasteiger partial charge in [0.2, 0.25) is 0 Å². The van der Waals surface area contributed by atoms with E-state index in [1.807, 2.05) is 0 Å². The van der Waals surface area contributed by atoms with Gasteiger partial charge in [-0.05, 0) is 104 Å². The Morgan fingerprint density at radius 1 is 0.756 bits per heavy atom. The van der Waals surface area contributed by atoms with Crippen LogP contribution in [0.2, 0.25) is 0 Å². The van der Waals surface area contributed by atoms with Crippen molar-refractivity contribution in [1.29, 1.82) is 0 Å². The van der Waals surface area contributed by atoms with Crippen LogP contribution in [0.5, 0.6) is 0 Å². The van der Waals surface area contributed by atoms with Gasteiger partial charge in [-0.3, -0.25) is 0 Å². The average Bonchev–Trinajstić information content (AvgIpc) is 2.99. The Labute approximate surface area is 245 Å². The smallest absolute Gasteiger partial charge is 0.0464 e. The summed E-state index contributed by atoms with van der Waals surface area (Å²) in [6.07, 6.45) is 17.3. The Balaban J connectivity index is 1.27. The molecule has 0 spiro atoms. The lowest BCUT2D eigenvalue weighted by Crippen LogP contribution is -2.11. The number of benzene rings is 4. The summed E-state index contributed by atoms with van der Waals surface area (Å²) < 4.78 is 0. The molecule has 0 saturated carbocycles. The van der Waals surface area contributed by atoms with E-state index in [0.717, 1.165) is 35.6 Å². The maximum atomic E-state index is 3.49. The van der Waals surface area contributed by atoms with E-state index in [9.17, 15) is 0 Å². The lowest BCUT2D eigenvalue weighted by Gasteiger charge is -2.26. The molecule has 4 aromatic rings. The highest BCUT2D eigenvalue weighted by Gasteiger charge is 2.12. The maximum absolute atomic E-state index is 3.49. The number of anilines is 3. The van der Waals surface area contributed by atoms with Crippen molar-refractivity contribution in [1.82, 2.24) is 5.32 Å². The monoisotopic (exact) mass is 534 g/mol. The maximum Gasteiger partial charge on any atom is 0.0464 e. The third-order valence-electron chi connectivity index (χ3n) is 7.12. The zero-order chi connectivity index (χ0) is 28.4. The van der Waals surface area contributed by atoms with E-state index in [1.165, 1.54) is 33.5 Å². The van der Waals surface area contributed by atoms with Crippen LogP contribution in [-0.4, -0.2) is 0 Å². The fourth-order valence-electron chi connectivity index (χ4n) is 5.02. The number of hydrogen-bond donors (Lipinski definition) is 1. The molecule has 0 amide bonds. The van der Waals surface area contributed by atoms with Crippen molar-refractivity contribution in [2.75, 3.05) is 4.90 Å². The zero-order valence-electron chi connectivity index (χ0n) is 24.2. The van der Waals surface area contributed by atoms with E-state index in [0.29, 0.717) is 0 Å². The molecule has 0 radical (unpaired) electrons. The fraction of sp³-hybridized carbons (Fsp3) is 0.128. The van der Waals surface area contributed by atoms with Gasteiger partial charge in [-0.2, -0.15) is 0 Å². The highest BCUT2D eigenvalue weighted by atomic mass is 15.1. The van der Waals surface area contributed by atoms with Crippen molar-refractivity contribution >= 4 is 23.1 Å². The highest BCUT2D eigenvalue weighted by molar-refractivity contribution is 5.78. The number of aryl methyl sites for hydroxylation is 1. The van der Waals surface area contributed by atoms with Gasteiger partial charge in [-0.25, -0.2) is 0 Å². The van der Waals surface area contributed by atoms with Crippen LogP contribution in [0.25, 0.3) is 17.2 Å². The van der Waals surface area contributed by atoms with Crippen LogP contribution < -0.4 is 10.2 Å². The van der Waals surface area contributed by atoms with E-state index in [-0.39, 0.29) is 0 Å². The van der Waals surface area contributed by atoms with Crippen LogP contribution in [0.3, 0.4) is 0 Å². The SMILES string of the molecule is CC(/C=C\C=C(/C)NC1=CC=CCC1)=C/c1ccc(-c2ccc(N(c3ccccc3)c3cccc(C)c3)cc2)cc1. The average molecular weight is 535 g/mol. The molecular weight excluding hydrogens is 496 g/mol. The molecule has 0 saturated heterocycles. The van der Waals surface area contributed by atoms with E-state index in [1.54, 1.807) is 0 Å². The Morgan fingerprint density at radius 3 is 2.12 bits per heavy atom. The lowest BCUT2D eigenvalue weighted by molar-refractivity contribution is 0.837. The molecule has 0 atom stereocenters. The first-order valence-corrected chi connectivity index (χ1v) is 14.3. The van der Waals surface area contributed by atoms with Gasteiger partial charge < -0.3 is 10.2 Å². The topological polar surface area (TPSA) is 15.3 Å². The van der Waals surface area contributed by atoms with Gasteiger partial charge >= 0.3 is 0 Å². The van der Waals surface area contributed by atoms with Crippen molar-refractivity contribution in [3.05, 3.63) is 168 Å². The van der Waals surface area contributed by atoms with Gasteiger partial charge in [-0.15, -0.1) is 0 Å². The minimum absolute atomic E-state index is 1.07. The van der Waals surface area contributed by atoms with E-state index >= 15 is 0 Å². The number of rotatable bonds is 9. The highest BCUT2D eigenvalue weighted by Crippen LogP contribution is 2.35. The molecule has 0 fully saturated rings. The molecule has 0 heterocycles. The van der Waals surface area contributed by atoms with Gasteiger partial charge in [0.15, 0.2) is 0 Å². The number of hydrogen-bond acceptors (Lipinski definition) is 2. The van der Waals surface area contributed by atoms with Crippen molar-refractivity contribution < 1.29 is 0 Å². The third kappa shape index (κ3) is 7.64. The van der Waals surface area contributed by atoms with Crippen LogP contribution in [-0.2, 0) is 0 Å². The minimum atomic E-state index is 1.07. The lowest BCUT2D eigenvalue weighted by atomic mass is 10.0. The van der Waals surface area contributed by atoms with Crippen LogP contribution in [0.15, 0.2) is 157 Å². The zero-order valence-corrected chi connectivity index (χ0v) is 24.2. The molecule has 0 bridgehead atoms. The van der Waals surface area contributed by atoms with E-state index in [2.05, 4.69) is 177 Å². The van der Waals surface area contributed by atoms with Crippen LogP contribution in [0.1, 0.15) is 37.8 Å². The van der Waals surface area contributed by atoms with Gasteiger partial charge in [-0.1, -0.05) is 103 Å². The summed E-state index contributed by atoms with van der Waals surface area (Å²) in [5.74, 6) is 0. The Morgan fingerprint density at radius 2 is 1.44 bits per heavy atom. The molecule has 1 N–H and O–H groups in total. The summed E-state index contributed by atoms with van der Waals surface area (Å²) in [4.78, 5) is 2.30. The van der Waals surface area contributed by atoms with Crippen molar-refractivity contribution in [3.8, 4) is 11.1 Å². The number of para-hydroxylation sites is 1. The normalized spacial score (nSPS) is 13.8. The molecule has 2 nitrogen and oxygen atoms in total. The molecule has 0 unspecified atom stereocenters. The molecule has 1 aliphatic rings. The van der Waals surface area contributed by atoms with Crippen molar-refractivity contribution in [2.45, 2.75) is 33.6 Å². The van der Waals surface area contributed by atoms with Crippen molar-refractivity contribution in [3.63, 3.8) is 0 Å². The molecule has 4 aromatic carbocycles. The van der Waals surface area contributed by atoms with Gasteiger partial charge in [0.1, 0.15) is 0 Å². The molecule has 41 heavy (non-hydrogen) atoms. The van der Waals surface area contributed by atoms with Crippen molar-refractivity contribution in [2.24, 2.45) is 0 Å². The molecular formula is C39H38N2. The number of nitrogens with zero attached hydrogens (tertiary/aromatic N) is 1. The standard InChI is InChI=1S/C39H38N2/c1-30(12-10-14-32(3)40-36-15-6-4-7-16-36)28-33-20-22-34(23-21-33)35-24-26-38(27-25-35)41(37-17-8-5-9-18-37)39-19-11-13-31(2)29-39/h4-6,8-15,17-29,40H,7,16H2,1-3H3/b12-10-,30-28-,32-14+. The van der Waals surface area contributed by atoms with Crippen LogP contribution in [0, 0.1) is 6.92 Å². The first-order chi connectivity index (χ1) is 20.0. The first-order valence-electron chi connectivity index (χ1n) is 14.3. The summed E-state index contributed by atoms with van der Waals surface area (Å²) in [5, 5.41) is 3.49. The Bertz CT molecular complexity index is 1600. The van der Waals surface area contributed by atoms with Gasteiger partial charge in [0, 0.05) is 28.5 Å². The summed E-state index contributed by atoms with van der Waals surface area (Å²) >= 11 is 0. The summed E-state index contributed by atoms with van der Waals surface area (Å²) in [5.41, 5.74) is 11.9. The van der Waals surface area contributed by atoms with Gasteiger partial charge in [0.05, 0.1) is 0 Å². The van der Waals surface area contributed by atoms with Gasteiger partial charge in [0.25, 0.3) is 0 Å². The van der Waals surface area contributed by atoms with Crippen LogP contribution >= 0.6 is 0 Å². The van der Waals surface area contributed by atoms with E-state index in [4.69, 9.17) is 0 Å². The largest absolute Gasteiger partial charge is 0.362 e. The Hall–Kier alpha value is -4.82. The molecule has 0 aromatic heterocycles. The molecule has 1 aliphatic carbocycles. The minimum Gasteiger partial charge on any atom is -0.362 e. The summed E-state index contributed by atoms with van der Waals surface area (Å²) in [6.45, 7) is 6.38. The third-order valence-corrected chi connectivity index (χ3v) is 7.12. The summed E-state index contributed by atoms with van der Waals surface area (Å²) in [7, 11) is 0. The predicted octanol–water partition coefficient (Wildman–Crippen LogP) is 10.8. The fourth-order valence-corrected chi connectivity index (χ4v) is 5.02. The second-order valence-electron chi connectivity index (χ2n) is 10.6. The number of nitrogens with one attached hydrogen (secondary N) is 1. The molecule has 2 heteroatoms. The Kier molecular flexibility index (Phi) is 9.13. The number of allylic oxidation sites excluding steroid dienone is 9. The molecule has 0 aliphatic heterocycles. The van der Waals surface area contributed by atoms with Crippen LogP contribution in [0.4, 0.5) is 17.1 Å². The predicted molar refractivity (Wildman–Crippen MR) is 177 cm³/mol. The first kappa shape index (κ1) is 27.7. The summed E-state index contributed by atoms with van der Waals surface area (Å²) in [6, 6.07) is 36.8. The van der Waals surface area contributed by atoms with E-state index < -0.39 is 0 Å². The quantitative estimate of drug-likeness (QED) is 0.215. The molecule has 5 rings (SSSR count). The second kappa shape index (κ2) is 13.5.